The predicted molar refractivity (Wildman–Crippen MR) is 77.2 cm³/mol. The fourth-order valence-electron chi connectivity index (χ4n) is 2.87. The van der Waals surface area contributed by atoms with Crippen LogP contribution in [-0.2, 0) is 0 Å². The first-order valence-corrected chi connectivity index (χ1v) is 8.12. The van der Waals surface area contributed by atoms with Gasteiger partial charge in [-0.1, -0.05) is 43.2 Å². The summed E-state index contributed by atoms with van der Waals surface area (Å²) in [7, 11) is 0. The van der Waals surface area contributed by atoms with Gasteiger partial charge in [0.05, 0.1) is 5.69 Å². The summed E-state index contributed by atoms with van der Waals surface area (Å²) >= 11 is 3.38. The molecule has 1 unspecified atom stereocenters. The van der Waals surface area contributed by atoms with Crippen molar-refractivity contribution in [3.63, 3.8) is 0 Å². The molecule has 2 nitrogen and oxygen atoms in total. The van der Waals surface area contributed by atoms with Gasteiger partial charge in [-0.05, 0) is 36.9 Å². The quantitative estimate of drug-likeness (QED) is 0.824. The van der Waals surface area contributed by atoms with Crippen LogP contribution in [0.5, 0.6) is 0 Å². The molecule has 1 aliphatic heterocycles. The highest BCUT2D eigenvalue weighted by molar-refractivity contribution is 8.16. The third-order valence-electron chi connectivity index (χ3n) is 3.68. The molecule has 1 aromatic rings. The molecule has 4 heteroatoms. The number of rotatable bonds is 2. The van der Waals surface area contributed by atoms with E-state index in [4.69, 9.17) is 5.14 Å². The molecule has 1 atom stereocenters. The van der Waals surface area contributed by atoms with Crippen molar-refractivity contribution in [3.8, 4) is 0 Å². The van der Waals surface area contributed by atoms with Crippen LogP contribution in [0.3, 0.4) is 0 Å². The van der Waals surface area contributed by atoms with Gasteiger partial charge < -0.3 is 4.90 Å². The van der Waals surface area contributed by atoms with Crippen molar-refractivity contribution in [1.29, 1.82) is 0 Å². The molecule has 1 fully saturated rings. The van der Waals surface area contributed by atoms with Crippen LogP contribution >= 0.6 is 23.7 Å². The van der Waals surface area contributed by atoms with Gasteiger partial charge >= 0.3 is 0 Å². The molecule has 0 amide bonds. The highest BCUT2D eigenvalue weighted by Crippen LogP contribution is 2.48. The van der Waals surface area contributed by atoms with Gasteiger partial charge in [0.1, 0.15) is 4.71 Å². The number of para-hydroxylation sites is 1. The number of thioether (sulfide) groups is 1. The minimum absolute atomic E-state index is 0.371. The van der Waals surface area contributed by atoms with E-state index in [9.17, 15) is 0 Å². The molecule has 92 valence electrons. The lowest BCUT2D eigenvalue weighted by Gasteiger charge is -2.36. The van der Waals surface area contributed by atoms with Gasteiger partial charge in [0, 0.05) is 10.9 Å². The van der Waals surface area contributed by atoms with E-state index in [-0.39, 0.29) is 0 Å². The van der Waals surface area contributed by atoms with Gasteiger partial charge in [0.15, 0.2) is 0 Å². The molecule has 0 saturated heterocycles. The van der Waals surface area contributed by atoms with Crippen molar-refractivity contribution in [2.45, 2.75) is 47.7 Å². The maximum Gasteiger partial charge on any atom is 0.141 e. The minimum atomic E-state index is 0.371. The first kappa shape index (κ1) is 11.8. The van der Waals surface area contributed by atoms with Crippen molar-refractivity contribution in [2.75, 3.05) is 4.90 Å². The van der Waals surface area contributed by atoms with Gasteiger partial charge in [0.25, 0.3) is 0 Å². The molecule has 1 aliphatic carbocycles. The van der Waals surface area contributed by atoms with Gasteiger partial charge in [-0.25, -0.2) is 0 Å². The molecule has 2 N–H and O–H groups in total. The number of benzene rings is 1. The molecule has 0 bridgehead atoms. The Kier molecular flexibility index (Phi) is 3.54. The smallest absolute Gasteiger partial charge is 0.141 e. The maximum absolute atomic E-state index is 5.86. The normalized spacial score (nSPS) is 25.0. The fourth-order valence-corrected chi connectivity index (χ4v) is 4.89. The number of fused-ring (bicyclic) bond motifs is 1. The van der Waals surface area contributed by atoms with Crippen LogP contribution in [0.25, 0.3) is 0 Å². The lowest BCUT2D eigenvalue weighted by Crippen LogP contribution is -2.39. The molecule has 17 heavy (non-hydrogen) atoms. The summed E-state index contributed by atoms with van der Waals surface area (Å²) in [5, 5.41) is 5.86. The molecular weight excluding hydrogens is 248 g/mol. The second kappa shape index (κ2) is 5.12. The number of hydrogen-bond acceptors (Lipinski definition) is 4. The number of nitrogens with zero attached hydrogens (tertiary/aromatic N) is 1. The molecule has 0 spiro atoms. The van der Waals surface area contributed by atoms with Crippen LogP contribution in [0, 0.1) is 0 Å². The van der Waals surface area contributed by atoms with Crippen LogP contribution in [0.1, 0.15) is 32.1 Å². The topological polar surface area (TPSA) is 29.3 Å². The second-order valence-electron chi connectivity index (χ2n) is 4.73. The standard InChI is InChI=1S/C13H18N2S2/c14-17-13-15(10-6-2-1-3-7-10)11-8-4-5-9-12(11)16-13/h4-5,8-10,13H,1-3,6-7,14H2. The third-order valence-corrected chi connectivity index (χ3v) is 5.79. The van der Waals surface area contributed by atoms with E-state index in [1.165, 1.54) is 54.6 Å². The monoisotopic (exact) mass is 266 g/mol. The van der Waals surface area contributed by atoms with E-state index in [0.717, 1.165) is 0 Å². The van der Waals surface area contributed by atoms with Crippen LogP contribution in [-0.4, -0.2) is 10.7 Å². The molecule has 0 radical (unpaired) electrons. The molecule has 3 rings (SSSR count). The zero-order valence-electron chi connectivity index (χ0n) is 9.84. The molecule has 0 aromatic heterocycles. The number of anilines is 1. The highest BCUT2D eigenvalue weighted by Gasteiger charge is 2.35. The Bertz CT molecular complexity index is 391. The Morgan fingerprint density at radius 2 is 1.94 bits per heavy atom. The molecule has 2 aliphatic rings. The van der Waals surface area contributed by atoms with Crippen molar-refractivity contribution < 1.29 is 0 Å². The second-order valence-corrected chi connectivity index (χ2v) is 6.87. The Morgan fingerprint density at radius 1 is 1.18 bits per heavy atom. The van der Waals surface area contributed by atoms with Crippen LogP contribution in [0.2, 0.25) is 0 Å². The average molecular weight is 266 g/mol. The zero-order valence-corrected chi connectivity index (χ0v) is 11.5. The number of hydrogen-bond donors (Lipinski definition) is 1. The summed E-state index contributed by atoms with van der Waals surface area (Å²) in [6.07, 6.45) is 6.80. The maximum atomic E-state index is 5.86. The van der Waals surface area contributed by atoms with Crippen LogP contribution < -0.4 is 10.0 Å². The minimum Gasteiger partial charge on any atom is -0.346 e. The first-order chi connectivity index (χ1) is 8.40. The van der Waals surface area contributed by atoms with E-state index >= 15 is 0 Å². The number of nitrogens with two attached hydrogens (primary N) is 1. The van der Waals surface area contributed by atoms with E-state index < -0.39 is 0 Å². The Labute approximate surface area is 111 Å². The Balaban J connectivity index is 1.89. The van der Waals surface area contributed by atoms with E-state index in [1.807, 2.05) is 11.8 Å². The first-order valence-electron chi connectivity index (χ1n) is 6.30. The van der Waals surface area contributed by atoms with Crippen molar-refractivity contribution in [3.05, 3.63) is 24.3 Å². The fraction of sp³-hybridized carbons (Fsp3) is 0.538. The van der Waals surface area contributed by atoms with Crippen molar-refractivity contribution >= 4 is 29.4 Å². The van der Waals surface area contributed by atoms with Crippen LogP contribution in [0.15, 0.2) is 29.2 Å². The lowest BCUT2D eigenvalue weighted by atomic mass is 9.94. The SMILES string of the molecule is NSC1Sc2ccccc2N1C1CCCCC1. The summed E-state index contributed by atoms with van der Waals surface area (Å²) in [5.74, 6) is 0. The average Bonchev–Trinajstić information content (AvgIpc) is 2.78. The van der Waals surface area contributed by atoms with Crippen molar-refractivity contribution in [2.24, 2.45) is 5.14 Å². The van der Waals surface area contributed by atoms with Crippen LogP contribution in [0.4, 0.5) is 5.69 Å². The van der Waals surface area contributed by atoms with Gasteiger partial charge in [-0.3, -0.25) is 5.14 Å². The summed E-state index contributed by atoms with van der Waals surface area (Å²) in [6.45, 7) is 0. The summed E-state index contributed by atoms with van der Waals surface area (Å²) in [5.41, 5.74) is 1.40. The van der Waals surface area contributed by atoms with Gasteiger partial charge in [0.2, 0.25) is 0 Å². The molecule has 1 aromatic carbocycles. The van der Waals surface area contributed by atoms with Gasteiger partial charge in [-0.2, -0.15) is 0 Å². The summed E-state index contributed by atoms with van der Waals surface area (Å²) < 4.78 is 0.371. The van der Waals surface area contributed by atoms with Crippen molar-refractivity contribution in [1.82, 2.24) is 0 Å². The van der Waals surface area contributed by atoms with E-state index in [1.54, 1.807) is 0 Å². The van der Waals surface area contributed by atoms with Gasteiger partial charge in [-0.15, -0.1) is 0 Å². The molecule has 1 heterocycles. The largest absolute Gasteiger partial charge is 0.346 e. The zero-order chi connectivity index (χ0) is 11.7. The molecule has 1 saturated carbocycles. The third kappa shape index (κ3) is 2.18. The Hall–Kier alpha value is -0.320. The predicted octanol–water partition coefficient (Wildman–Crippen LogP) is 3.82. The lowest BCUT2D eigenvalue weighted by molar-refractivity contribution is 0.422. The summed E-state index contributed by atoms with van der Waals surface area (Å²) in [4.78, 5) is 3.95. The highest BCUT2D eigenvalue weighted by atomic mass is 32.2. The Morgan fingerprint density at radius 3 is 2.71 bits per heavy atom. The summed E-state index contributed by atoms with van der Waals surface area (Å²) in [6, 6.07) is 9.41. The van der Waals surface area contributed by atoms with E-state index in [0.29, 0.717) is 10.7 Å². The molecular formula is C13H18N2S2. The van der Waals surface area contributed by atoms with E-state index in [2.05, 4.69) is 29.2 Å².